The summed E-state index contributed by atoms with van der Waals surface area (Å²) >= 11 is 0. The lowest BCUT2D eigenvalue weighted by atomic mass is 9.47. The van der Waals surface area contributed by atoms with Crippen LogP contribution in [0.1, 0.15) is 58.8 Å². The fourth-order valence-corrected chi connectivity index (χ4v) is 6.69. The predicted molar refractivity (Wildman–Crippen MR) is 95.4 cm³/mol. The van der Waals surface area contributed by atoms with Crippen molar-refractivity contribution in [3.63, 3.8) is 0 Å². The summed E-state index contributed by atoms with van der Waals surface area (Å²) in [6.07, 6.45) is 12.8. The fourth-order valence-electron chi connectivity index (χ4n) is 6.69. The summed E-state index contributed by atoms with van der Waals surface area (Å²) in [5.41, 5.74) is 2.16. The van der Waals surface area contributed by atoms with Crippen LogP contribution in [0.5, 0.6) is 0 Å². The molecule has 0 amide bonds. The van der Waals surface area contributed by atoms with Crippen LogP contribution in [0.4, 0.5) is 0 Å². The minimum atomic E-state index is -0.0715. The van der Waals surface area contributed by atoms with Gasteiger partial charge in [-0.25, -0.2) is 0 Å². The van der Waals surface area contributed by atoms with Gasteiger partial charge in [-0.15, -0.1) is 0 Å². The Morgan fingerprint density at radius 3 is 2.79 bits per heavy atom. The van der Waals surface area contributed by atoms with E-state index in [2.05, 4.69) is 26.5 Å². The Hall–Kier alpha value is -1.44. The second-order valence-electron chi connectivity index (χ2n) is 8.67. The molecule has 0 heterocycles. The monoisotopic (exact) mass is 324 g/mol. The average Bonchev–Trinajstić information content (AvgIpc) is 2.87. The number of allylic oxidation sites excluding steroid dienone is 5. The van der Waals surface area contributed by atoms with Crippen molar-refractivity contribution in [3.8, 4) is 0 Å². The number of Topliss-reactive ketones (excluding diaryl/α,β-unsaturated/α-hetero) is 1. The number of carbonyl (C=O) groups is 2. The van der Waals surface area contributed by atoms with Crippen LogP contribution in [0.3, 0.4) is 0 Å². The summed E-state index contributed by atoms with van der Waals surface area (Å²) in [6.45, 7) is 8.83. The van der Waals surface area contributed by atoms with Crippen LogP contribution in [-0.2, 0) is 9.59 Å². The highest BCUT2D eigenvalue weighted by atomic mass is 16.1. The summed E-state index contributed by atoms with van der Waals surface area (Å²) in [5, 5.41) is 0. The van der Waals surface area contributed by atoms with Crippen molar-refractivity contribution in [2.75, 3.05) is 0 Å². The Morgan fingerprint density at radius 1 is 1.25 bits per heavy atom. The van der Waals surface area contributed by atoms with E-state index in [-0.39, 0.29) is 16.6 Å². The molecule has 24 heavy (non-hydrogen) atoms. The van der Waals surface area contributed by atoms with Crippen LogP contribution in [0.2, 0.25) is 0 Å². The van der Waals surface area contributed by atoms with Crippen LogP contribution in [0.25, 0.3) is 0 Å². The molecule has 0 aromatic carbocycles. The highest BCUT2D eigenvalue weighted by Crippen LogP contribution is 2.65. The van der Waals surface area contributed by atoms with Crippen molar-refractivity contribution < 1.29 is 9.59 Å². The predicted octanol–water partition coefficient (Wildman–Crippen LogP) is 4.81. The quantitative estimate of drug-likeness (QED) is 0.730. The van der Waals surface area contributed by atoms with Crippen molar-refractivity contribution in [1.82, 2.24) is 0 Å². The maximum atomic E-state index is 12.8. The first-order valence-corrected chi connectivity index (χ1v) is 9.59. The molecule has 128 valence electrons. The molecule has 2 nitrogen and oxygen atoms in total. The van der Waals surface area contributed by atoms with Gasteiger partial charge in [0, 0.05) is 17.3 Å². The summed E-state index contributed by atoms with van der Waals surface area (Å²) in [5.74, 6) is 2.22. The molecule has 3 saturated carbocycles. The van der Waals surface area contributed by atoms with Crippen molar-refractivity contribution >= 4 is 11.6 Å². The van der Waals surface area contributed by atoms with Gasteiger partial charge >= 0.3 is 0 Å². The fraction of sp³-hybridized carbons (Fsp3) is 0.636. The van der Waals surface area contributed by atoms with Crippen molar-refractivity contribution in [1.29, 1.82) is 0 Å². The number of rotatable bonds is 2. The lowest BCUT2D eigenvalue weighted by Gasteiger charge is -2.56. The van der Waals surface area contributed by atoms with E-state index in [1.807, 2.05) is 6.08 Å². The number of hydrogen-bond acceptors (Lipinski definition) is 2. The molecule has 2 heteroatoms. The lowest BCUT2D eigenvalue weighted by Crippen LogP contribution is -2.51. The van der Waals surface area contributed by atoms with Crippen molar-refractivity contribution in [3.05, 3.63) is 36.0 Å². The van der Waals surface area contributed by atoms with Gasteiger partial charge in [0.25, 0.3) is 0 Å². The van der Waals surface area contributed by atoms with E-state index >= 15 is 0 Å². The molecule has 0 radical (unpaired) electrons. The standard InChI is InChI=1S/C22H28O2/c1-4-9-22-11-8-17-16(18(22)5-6-20(22)24)12-14(2)19-13-15(23)7-10-21(17,19)3/h7,10,13,16-18H,2,4-6,8-9,11-12H2,1,3H3/t16-,17+,18+,21-,22+/m1/s1. The smallest absolute Gasteiger partial charge is 0.178 e. The molecule has 0 aliphatic heterocycles. The van der Waals surface area contributed by atoms with E-state index in [0.29, 0.717) is 23.5 Å². The van der Waals surface area contributed by atoms with Crippen LogP contribution < -0.4 is 0 Å². The molecule has 4 aliphatic carbocycles. The van der Waals surface area contributed by atoms with Gasteiger partial charge < -0.3 is 0 Å². The molecule has 0 bridgehead atoms. The van der Waals surface area contributed by atoms with Crippen LogP contribution >= 0.6 is 0 Å². The third-order valence-corrected chi connectivity index (χ3v) is 7.67. The SMILES string of the molecule is C=C1C[C@H]2[C@@H]3CCC(=O)[C@@]3(CCC)CC[C@@H]2[C@@]2(C)C=CC(=O)C=C12. The van der Waals surface area contributed by atoms with Crippen LogP contribution in [-0.4, -0.2) is 11.6 Å². The molecule has 0 aromatic heterocycles. The Balaban J connectivity index is 1.75. The first-order chi connectivity index (χ1) is 11.4. The Kier molecular flexibility index (Phi) is 3.53. The normalized spacial score (nSPS) is 44.0. The lowest BCUT2D eigenvalue weighted by molar-refractivity contribution is -0.133. The molecule has 0 saturated heterocycles. The van der Waals surface area contributed by atoms with Crippen molar-refractivity contribution in [2.24, 2.45) is 28.6 Å². The first kappa shape index (κ1) is 16.1. The molecular weight excluding hydrogens is 296 g/mol. The summed E-state index contributed by atoms with van der Waals surface area (Å²) < 4.78 is 0. The maximum absolute atomic E-state index is 12.8. The zero-order valence-electron chi connectivity index (χ0n) is 14.9. The highest BCUT2D eigenvalue weighted by Gasteiger charge is 2.60. The van der Waals surface area contributed by atoms with E-state index in [1.54, 1.807) is 6.08 Å². The number of carbonyl (C=O) groups excluding carboxylic acids is 2. The molecule has 5 atom stereocenters. The van der Waals surface area contributed by atoms with Gasteiger partial charge in [-0.05, 0) is 67.6 Å². The third kappa shape index (κ3) is 1.95. The van der Waals surface area contributed by atoms with Gasteiger partial charge in [0.05, 0.1) is 0 Å². The topological polar surface area (TPSA) is 34.1 Å². The van der Waals surface area contributed by atoms with E-state index in [9.17, 15) is 9.59 Å². The molecular formula is C22H28O2. The van der Waals surface area contributed by atoms with E-state index < -0.39 is 0 Å². The van der Waals surface area contributed by atoms with Crippen molar-refractivity contribution in [2.45, 2.75) is 58.8 Å². The molecule has 0 spiro atoms. The molecule has 3 fully saturated rings. The Labute approximate surface area is 145 Å². The molecule has 4 aliphatic rings. The second kappa shape index (κ2) is 5.28. The minimum absolute atomic E-state index is 0.0536. The Bertz CT molecular complexity index is 682. The summed E-state index contributed by atoms with van der Waals surface area (Å²) in [7, 11) is 0. The van der Waals surface area contributed by atoms with Gasteiger partial charge in [0.2, 0.25) is 0 Å². The largest absolute Gasteiger partial charge is 0.299 e. The van der Waals surface area contributed by atoms with Gasteiger partial charge in [0.1, 0.15) is 5.78 Å². The van der Waals surface area contributed by atoms with Gasteiger partial charge in [0.15, 0.2) is 5.78 Å². The second-order valence-corrected chi connectivity index (χ2v) is 8.67. The third-order valence-electron chi connectivity index (χ3n) is 7.67. The van der Waals surface area contributed by atoms with E-state index in [4.69, 9.17) is 0 Å². The molecule has 4 rings (SSSR count). The molecule has 0 N–H and O–H groups in total. The van der Waals surface area contributed by atoms with Gasteiger partial charge in [-0.3, -0.25) is 9.59 Å². The first-order valence-electron chi connectivity index (χ1n) is 9.59. The summed E-state index contributed by atoms with van der Waals surface area (Å²) in [4.78, 5) is 24.7. The maximum Gasteiger partial charge on any atom is 0.178 e. The zero-order chi connectivity index (χ0) is 17.1. The highest BCUT2D eigenvalue weighted by molar-refractivity contribution is 6.02. The van der Waals surface area contributed by atoms with Gasteiger partial charge in [-0.1, -0.05) is 38.5 Å². The molecule has 0 unspecified atom stereocenters. The van der Waals surface area contributed by atoms with Crippen LogP contribution in [0, 0.1) is 28.6 Å². The van der Waals surface area contributed by atoms with Gasteiger partial charge in [-0.2, -0.15) is 0 Å². The minimum Gasteiger partial charge on any atom is -0.299 e. The Morgan fingerprint density at radius 2 is 2.04 bits per heavy atom. The number of ketones is 2. The van der Waals surface area contributed by atoms with E-state index in [1.165, 1.54) is 0 Å². The van der Waals surface area contributed by atoms with Crippen LogP contribution in [0.15, 0.2) is 36.0 Å². The van der Waals surface area contributed by atoms with E-state index in [0.717, 1.165) is 56.1 Å². The molecule has 0 aromatic rings. The zero-order valence-corrected chi connectivity index (χ0v) is 14.9. The number of hydrogen-bond donors (Lipinski definition) is 0. The summed E-state index contributed by atoms with van der Waals surface area (Å²) in [6, 6.07) is 0. The average molecular weight is 324 g/mol. The number of fused-ring (bicyclic) bond motifs is 5.